The van der Waals surface area contributed by atoms with Gasteiger partial charge < -0.3 is 15.5 Å². The number of benzene rings is 1. The second-order valence-corrected chi connectivity index (χ2v) is 2.78. The molecule has 0 spiro atoms. The summed E-state index contributed by atoms with van der Waals surface area (Å²) in [5, 5.41) is 20.9. The summed E-state index contributed by atoms with van der Waals surface area (Å²) in [4.78, 5) is 0. The van der Waals surface area contributed by atoms with Gasteiger partial charge in [0.05, 0.1) is 0 Å². The summed E-state index contributed by atoms with van der Waals surface area (Å²) in [6, 6.07) is 7.43. The molecule has 3 heteroatoms. The molecule has 0 saturated heterocycles. The van der Waals surface area contributed by atoms with Crippen LogP contribution in [0.4, 0.5) is 5.69 Å². The van der Waals surface area contributed by atoms with Crippen molar-refractivity contribution in [1.29, 1.82) is 0 Å². The second kappa shape index (κ2) is 1.96. The van der Waals surface area contributed by atoms with Gasteiger partial charge in [0.25, 0.3) is 0 Å². The van der Waals surface area contributed by atoms with Crippen LogP contribution in [0.15, 0.2) is 24.3 Å². The van der Waals surface area contributed by atoms with Crippen molar-refractivity contribution < 1.29 is 10.2 Å². The van der Waals surface area contributed by atoms with E-state index in [0.717, 1.165) is 11.3 Å². The minimum Gasteiger partial charge on any atom is -0.349 e. The van der Waals surface area contributed by atoms with E-state index >= 15 is 0 Å². The summed E-state index contributed by atoms with van der Waals surface area (Å²) in [5.74, 6) is -1.75. The van der Waals surface area contributed by atoms with Crippen molar-refractivity contribution in [3.05, 3.63) is 29.8 Å². The molecule has 0 unspecified atom stereocenters. The molecule has 0 bridgehead atoms. The average Bonchev–Trinajstić information content (AvgIpc) is 2.21. The van der Waals surface area contributed by atoms with Gasteiger partial charge in [0.15, 0.2) is 0 Å². The number of nitrogens with one attached hydrogen (secondary N) is 1. The Balaban J connectivity index is 2.41. The van der Waals surface area contributed by atoms with Crippen LogP contribution in [0.3, 0.4) is 0 Å². The van der Waals surface area contributed by atoms with Gasteiger partial charge in [0.2, 0.25) is 5.91 Å². The number of anilines is 1. The van der Waals surface area contributed by atoms with Crippen LogP contribution in [0.2, 0.25) is 0 Å². The van der Waals surface area contributed by atoms with Gasteiger partial charge in [-0.15, -0.1) is 0 Å². The maximum atomic E-state index is 9.16. The van der Waals surface area contributed by atoms with Gasteiger partial charge in [-0.3, -0.25) is 0 Å². The van der Waals surface area contributed by atoms with Crippen LogP contribution in [0, 0.1) is 0 Å². The minimum absolute atomic E-state index is 0.253. The molecule has 0 fully saturated rings. The van der Waals surface area contributed by atoms with Crippen LogP contribution in [-0.4, -0.2) is 16.1 Å². The maximum absolute atomic E-state index is 9.16. The van der Waals surface area contributed by atoms with E-state index in [1.807, 2.05) is 24.3 Å². The molecule has 0 radical (unpaired) electrons. The molecule has 58 valence electrons. The number of rotatable bonds is 0. The molecule has 2 rings (SSSR count). The van der Waals surface area contributed by atoms with E-state index in [2.05, 4.69) is 5.32 Å². The predicted octanol–water partition coefficient (Wildman–Crippen LogP) is 0.293. The highest BCUT2D eigenvalue weighted by Crippen LogP contribution is 2.28. The lowest BCUT2D eigenvalue weighted by molar-refractivity contribution is -0.128. The Morgan fingerprint density at radius 1 is 1.27 bits per heavy atom. The van der Waals surface area contributed by atoms with Crippen molar-refractivity contribution in [3.63, 3.8) is 0 Å². The predicted molar refractivity (Wildman–Crippen MR) is 40.9 cm³/mol. The van der Waals surface area contributed by atoms with Crippen molar-refractivity contribution in [2.45, 2.75) is 12.3 Å². The van der Waals surface area contributed by atoms with Gasteiger partial charge >= 0.3 is 0 Å². The van der Waals surface area contributed by atoms with Crippen molar-refractivity contribution >= 4 is 5.69 Å². The van der Waals surface area contributed by atoms with Gasteiger partial charge in [0.1, 0.15) is 0 Å². The van der Waals surface area contributed by atoms with Crippen molar-refractivity contribution in [2.75, 3.05) is 5.32 Å². The van der Waals surface area contributed by atoms with E-state index in [1.54, 1.807) is 0 Å². The third-order valence-electron chi connectivity index (χ3n) is 1.79. The molecule has 1 aliphatic heterocycles. The topological polar surface area (TPSA) is 52.5 Å². The van der Waals surface area contributed by atoms with Crippen LogP contribution in [0.5, 0.6) is 0 Å². The number of para-hydroxylation sites is 1. The van der Waals surface area contributed by atoms with Crippen LogP contribution in [0.25, 0.3) is 0 Å². The van der Waals surface area contributed by atoms with Gasteiger partial charge in [-0.1, -0.05) is 18.2 Å². The quantitative estimate of drug-likeness (QED) is 0.467. The van der Waals surface area contributed by atoms with Gasteiger partial charge in [-0.25, -0.2) is 0 Å². The first-order chi connectivity index (χ1) is 5.17. The molecule has 11 heavy (non-hydrogen) atoms. The summed E-state index contributed by atoms with van der Waals surface area (Å²) in [5.41, 5.74) is 1.75. The van der Waals surface area contributed by atoms with E-state index in [-0.39, 0.29) is 6.42 Å². The van der Waals surface area contributed by atoms with Crippen LogP contribution in [0.1, 0.15) is 5.56 Å². The van der Waals surface area contributed by atoms with Crippen LogP contribution < -0.4 is 5.32 Å². The normalized spacial score (nSPS) is 19.1. The standard InChI is InChI=1S/C8H9NO2/c10-8(11)5-6-3-1-2-4-7(6)9-8/h1-4,9-11H,5H2. The highest BCUT2D eigenvalue weighted by atomic mass is 16.5. The Kier molecular flexibility index (Phi) is 1.19. The molecular weight excluding hydrogens is 142 g/mol. The van der Waals surface area contributed by atoms with Crippen molar-refractivity contribution in [2.24, 2.45) is 0 Å². The zero-order chi connectivity index (χ0) is 7.90. The van der Waals surface area contributed by atoms with E-state index in [1.165, 1.54) is 0 Å². The van der Waals surface area contributed by atoms with Gasteiger partial charge in [-0.2, -0.15) is 0 Å². The van der Waals surface area contributed by atoms with Crippen molar-refractivity contribution in [3.8, 4) is 0 Å². The highest BCUT2D eigenvalue weighted by molar-refractivity contribution is 5.56. The number of fused-ring (bicyclic) bond motifs is 1. The van der Waals surface area contributed by atoms with Gasteiger partial charge in [0, 0.05) is 12.1 Å². The third kappa shape index (κ3) is 1.08. The molecule has 1 aromatic rings. The number of hydrogen-bond donors (Lipinski definition) is 3. The number of hydrogen-bond acceptors (Lipinski definition) is 3. The summed E-state index contributed by atoms with van der Waals surface area (Å²) < 4.78 is 0. The first-order valence-electron chi connectivity index (χ1n) is 3.48. The molecule has 3 nitrogen and oxygen atoms in total. The first-order valence-corrected chi connectivity index (χ1v) is 3.48. The zero-order valence-corrected chi connectivity index (χ0v) is 5.91. The smallest absolute Gasteiger partial charge is 0.248 e. The molecule has 0 saturated carbocycles. The summed E-state index contributed by atoms with van der Waals surface area (Å²) >= 11 is 0. The second-order valence-electron chi connectivity index (χ2n) is 2.78. The Bertz CT molecular complexity index is 256. The maximum Gasteiger partial charge on any atom is 0.248 e. The minimum atomic E-state index is -1.75. The highest BCUT2D eigenvalue weighted by Gasteiger charge is 2.31. The lowest BCUT2D eigenvalue weighted by Crippen LogP contribution is -2.34. The number of aliphatic hydroxyl groups is 2. The van der Waals surface area contributed by atoms with Crippen molar-refractivity contribution in [1.82, 2.24) is 0 Å². The zero-order valence-electron chi connectivity index (χ0n) is 5.91. The largest absolute Gasteiger partial charge is 0.349 e. The Morgan fingerprint density at radius 3 is 2.73 bits per heavy atom. The molecule has 0 atom stereocenters. The Morgan fingerprint density at radius 2 is 2.00 bits per heavy atom. The summed E-state index contributed by atoms with van der Waals surface area (Å²) in [7, 11) is 0. The van der Waals surface area contributed by atoms with E-state index in [0.29, 0.717) is 0 Å². The third-order valence-corrected chi connectivity index (χ3v) is 1.79. The SMILES string of the molecule is OC1(O)Cc2ccccc2N1. The monoisotopic (exact) mass is 151 g/mol. The average molecular weight is 151 g/mol. The molecule has 0 aliphatic carbocycles. The molecular formula is C8H9NO2. The molecule has 1 aliphatic rings. The van der Waals surface area contributed by atoms with Gasteiger partial charge in [-0.05, 0) is 11.6 Å². The Labute approximate surface area is 64.3 Å². The van der Waals surface area contributed by atoms with E-state index in [9.17, 15) is 0 Å². The molecule has 0 aromatic heterocycles. The van der Waals surface area contributed by atoms with Crippen LogP contribution >= 0.6 is 0 Å². The fourth-order valence-corrected chi connectivity index (χ4v) is 1.32. The molecule has 1 aromatic carbocycles. The fourth-order valence-electron chi connectivity index (χ4n) is 1.32. The van der Waals surface area contributed by atoms with E-state index in [4.69, 9.17) is 10.2 Å². The fraction of sp³-hybridized carbons (Fsp3) is 0.250. The Hall–Kier alpha value is -1.06. The molecule has 1 heterocycles. The molecule has 0 amide bonds. The lowest BCUT2D eigenvalue weighted by Gasteiger charge is -2.14. The molecule has 3 N–H and O–H groups in total. The summed E-state index contributed by atoms with van der Waals surface area (Å²) in [6.07, 6.45) is 0.253. The lowest BCUT2D eigenvalue weighted by atomic mass is 10.1. The summed E-state index contributed by atoms with van der Waals surface area (Å²) in [6.45, 7) is 0. The first kappa shape index (κ1) is 6.64. The van der Waals surface area contributed by atoms with E-state index < -0.39 is 5.91 Å². The van der Waals surface area contributed by atoms with Crippen LogP contribution in [-0.2, 0) is 6.42 Å².